The molecule has 0 aromatic heterocycles. The van der Waals surface area contributed by atoms with E-state index in [0.29, 0.717) is 0 Å². The van der Waals surface area contributed by atoms with Crippen molar-refractivity contribution in [2.24, 2.45) is 5.92 Å². The topological polar surface area (TPSA) is 12.0 Å². The molecule has 0 amide bonds. The summed E-state index contributed by atoms with van der Waals surface area (Å²) >= 11 is 5.84. The molecule has 2 heteroatoms. The molecule has 1 N–H and O–H groups in total. The van der Waals surface area contributed by atoms with Gasteiger partial charge in [-0.15, -0.1) is 0 Å². The van der Waals surface area contributed by atoms with Crippen molar-refractivity contribution in [2.75, 3.05) is 11.9 Å². The maximum absolute atomic E-state index is 5.84. The molecule has 1 aromatic rings. The summed E-state index contributed by atoms with van der Waals surface area (Å²) in [6.07, 6.45) is 5.20. The second kappa shape index (κ2) is 7.56. The van der Waals surface area contributed by atoms with Crippen molar-refractivity contribution < 1.29 is 0 Å². The van der Waals surface area contributed by atoms with Crippen LogP contribution in [0.2, 0.25) is 5.02 Å². The maximum atomic E-state index is 5.84. The first-order chi connectivity index (χ1) is 7.76. The molecular weight excluding hydrogens is 218 g/mol. The van der Waals surface area contributed by atoms with Crippen LogP contribution < -0.4 is 5.32 Å². The molecule has 1 nitrogen and oxygen atoms in total. The number of benzene rings is 1. The molecule has 0 fully saturated rings. The Morgan fingerprint density at radius 1 is 1.19 bits per heavy atom. The number of halogens is 1. The van der Waals surface area contributed by atoms with Gasteiger partial charge in [-0.3, -0.25) is 0 Å². The van der Waals surface area contributed by atoms with Crippen molar-refractivity contribution in [3.63, 3.8) is 0 Å². The summed E-state index contributed by atoms with van der Waals surface area (Å²) in [5.41, 5.74) is 1.17. The predicted octanol–water partition coefficient (Wildman–Crippen LogP) is 4.97. The quantitative estimate of drug-likeness (QED) is 0.709. The number of rotatable bonds is 7. The van der Waals surface area contributed by atoms with Crippen LogP contribution in [-0.4, -0.2) is 6.54 Å². The molecule has 0 aliphatic heterocycles. The molecule has 0 spiro atoms. The monoisotopic (exact) mass is 239 g/mol. The molecule has 0 radical (unpaired) electrons. The maximum Gasteiger partial charge on any atom is 0.0407 e. The van der Waals surface area contributed by atoms with E-state index >= 15 is 0 Å². The van der Waals surface area contributed by atoms with E-state index in [1.807, 2.05) is 24.3 Å². The van der Waals surface area contributed by atoms with E-state index in [2.05, 4.69) is 19.2 Å². The van der Waals surface area contributed by atoms with Crippen LogP contribution in [0.3, 0.4) is 0 Å². The van der Waals surface area contributed by atoms with Gasteiger partial charge in [0.2, 0.25) is 0 Å². The fourth-order valence-corrected chi connectivity index (χ4v) is 1.90. The lowest BCUT2D eigenvalue weighted by Gasteiger charge is -2.16. The molecule has 0 saturated heterocycles. The fourth-order valence-electron chi connectivity index (χ4n) is 1.77. The van der Waals surface area contributed by atoms with Crippen LogP contribution in [0.25, 0.3) is 0 Å². The SMILES string of the molecule is CCCCC(CC)CNc1ccc(Cl)cc1. The zero-order chi connectivity index (χ0) is 11.8. The van der Waals surface area contributed by atoms with Gasteiger partial charge in [-0.2, -0.15) is 0 Å². The largest absolute Gasteiger partial charge is 0.385 e. The molecule has 0 bridgehead atoms. The molecule has 90 valence electrons. The van der Waals surface area contributed by atoms with Gasteiger partial charge in [-0.25, -0.2) is 0 Å². The molecule has 0 aliphatic carbocycles. The average molecular weight is 240 g/mol. The van der Waals surface area contributed by atoms with E-state index in [4.69, 9.17) is 11.6 Å². The van der Waals surface area contributed by atoms with Crippen molar-refractivity contribution in [3.05, 3.63) is 29.3 Å². The molecule has 0 saturated carbocycles. The summed E-state index contributed by atoms with van der Waals surface area (Å²) in [6.45, 7) is 5.58. The van der Waals surface area contributed by atoms with Crippen molar-refractivity contribution in [2.45, 2.75) is 39.5 Å². The smallest absolute Gasteiger partial charge is 0.0407 e. The number of hydrogen-bond acceptors (Lipinski definition) is 1. The van der Waals surface area contributed by atoms with Gasteiger partial charge in [0.15, 0.2) is 0 Å². The van der Waals surface area contributed by atoms with E-state index in [0.717, 1.165) is 17.5 Å². The van der Waals surface area contributed by atoms with Crippen molar-refractivity contribution in [1.82, 2.24) is 0 Å². The van der Waals surface area contributed by atoms with Gasteiger partial charge < -0.3 is 5.32 Å². The Morgan fingerprint density at radius 2 is 1.88 bits per heavy atom. The van der Waals surface area contributed by atoms with Gasteiger partial charge >= 0.3 is 0 Å². The highest BCUT2D eigenvalue weighted by molar-refractivity contribution is 6.30. The standard InChI is InChI=1S/C14H22ClN/c1-3-5-6-12(4-2)11-16-14-9-7-13(15)8-10-14/h7-10,12,16H,3-6,11H2,1-2H3. The number of nitrogens with one attached hydrogen (secondary N) is 1. The highest BCUT2D eigenvalue weighted by Gasteiger charge is 2.05. The molecule has 1 atom stereocenters. The first-order valence-corrected chi connectivity index (χ1v) is 6.63. The van der Waals surface area contributed by atoms with Crippen LogP contribution >= 0.6 is 11.6 Å². The van der Waals surface area contributed by atoms with Crippen molar-refractivity contribution in [3.8, 4) is 0 Å². The lowest BCUT2D eigenvalue weighted by atomic mass is 9.99. The Labute approximate surface area is 104 Å². The third kappa shape index (κ3) is 4.89. The van der Waals surface area contributed by atoms with E-state index < -0.39 is 0 Å². The summed E-state index contributed by atoms with van der Waals surface area (Å²) < 4.78 is 0. The summed E-state index contributed by atoms with van der Waals surface area (Å²) in [6, 6.07) is 7.93. The molecule has 1 rings (SSSR count). The Balaban J connectivity index is 2.34. The Hall–Kier alpha value is -0.690. The number of hydrogen-bond donors (Lipinski definition) is 1. The van der Waals surface area contributed by atoms with Crippen LogP contribution in [-0.2, 0) is 0 Å². The minimum absolute atomic E-state index is 0.788. The Kier molecular flexibility index (Phi) is 6.32. The van der Waals surface area contributed by atoms with Crippen LogP contribution in [0, 0.1) is 5.92 Å². The molecule has 16 heavy (non-hydrogen) atoms. The van der Waals surface area contributed by atoms with Gasteiger partial charge in [0, 0.05) is 17.3 Å². The highest BCUT2D eigenvalue weighted by Crippen LogP contribution is 2.16. The second-order valence-corrected chi connectivity index (χ2v) is 4.74. The van der Waals surface area contributed by atoms with Crippen LogP contribution in [0.1, 0.15) is 39.5 Å². The van der Waals surface area contributed by atoms with Crippen LogP contribution in [0.5, 0.6) is 0 Å². The summed E-state index contributed by atoms with van der Waals surface area (Å²) in [7, 11) is 0. The normalized spacial score (nSPS) is 12.4. The Bertz CT molecular complexity index is 281. The van der Waals surface area contributed by atoms with E-state index in [9.17, 15) is 0 Å². The van der Waals surface area contributed by atoms with Crippen molar-refractivity contribution >= 4 is 17.3 Å². The van der Waals surface area contributed by atoms with Gasteiger partial charge in [0.25, 0.3) is 0 Å². The van der Waals surface area contributed by atoms with Crippen LogP contribution in [0.15, 0.2) is 24.3 Å². The molecular formula is C14H22ClN. The number of unbranched alkanes of at least 4 members (excludes halogenated alkanes) is 1. The van der Waals surface area contributed by atoms with E-state index in [-0.39, 0.29) is 0 Å². The lowest BCUT2D eigenvalue weighted by Crippen LogP contribution is -2.13. The molecule has 0 aliphatic rings. The zero-order valence-corrected chi connectivity index (χ0v) is 11.1. The second-order valence-electron chi connectivity index (χ2n) is 4.30. The molecule has 1 aromatic carbocycles. The van der Waals surface area contributed by atoms with Crippen molar-refractivity contribution in [1.29, 1.82) is 0 Å². The third-order valence-electron chi connectivity index (χ3n) is 2.98. The molecule has 1 unspecified atom stereocenters. The summed E-state index contributed by atoms with van der Waals surface area (Å²) in [5, 5.41) is 4.27. The minimum Gasteiger partial charge on any atom is -0.385 e. The lowest BCUT2D eigenvalue weighted by molar-refractivity contribution is 0.473. The average Bonchev–Trinajstić information content (AvgIpc) is 2.32. The highest BCUT2D eigenvalue weighted by atomic mass is 35.5. The third-order valence-corrected chi connectivity index (χ3v) is 3.23. The molecule has 0 heterocycles. The first-order valence-electron chi connectivity index (χ1n) is 6.25. The Morgan fingerprint density at radius 3 is 2.44 bits per heavy atom. The predicted molar refractivity (Wildman–Crippen MR) is 73.2 cm³/mol. The summed E-state index contributed by atoms with van der Waals surface area (Å²) in [5.74, 6) is 0.788. The van der Waals surface area contributed by atoms with E-state index in [1.54, 1.807) is 0 Å². The summed E-state index contributed by atoms with van der Waals surface area (Å²) in [4.78, 5) is 0. The van der Waals surface area contributed by atoms with Crippen LogP contribution in [0.4, 0.5) is 5.69 Å². The number of anilines is 1. The minimum atomic E-state index is 0.788. The zero-order valence-electron chi connectivity index (χ0n) is 10.3. The van der Waals surface area contributed by atoms with Gasteiger partial charge in [0.1, 0.15) is 0 Å². The van der Waals surface area contributed by atoms with Gasteiger partial charge in [-0.1, -0.05) is 44.7 Å². The van der Waals surface area contributed by atoms with Gasteiger partial charge in [0.05, 0.1) is 0 Å². The van der Waals surface area contributed by atoms with Gasteiger partial charge in [-0.05, 0) is 36.6 Å². The first kappa shape index (κ1) is 13.4. The fraction of sp³-hybridized carbons (Fsp3) is 0.571. The van der Waals surface area contributed by atoms with E-state index in [1.165, 1.54) is 31.4 Å².